The monoisotopic (exact) mass is 284 g/mol. The predicted octanol–water partition coefficient (Wildman–Crippen LogP) is 3.29. The van der Waals surface area contributed by atoms with Gasteiger partial charge in [-0.1, -0.05) is 43.2 Å². The maximum Gasteiger partial charge on any atom is 0.0733 e. The van der Waals surface area contributed by atoms with Gasteiger partial charge < -0.3 is 5.32 Å². The number of rotatable bonds is 5. The van der Waals surface area contributed by atoms with Gasteiger partial charge in [0, 0.05) is 12.0 Å². The molecule has 2 atom stereocenters. The topological polar surface area (TPSA) is 42.7 Å². The van der Waals surface area contributed by atoms with Gasteiger partial charge in [0.15, 0.2) is 0 Å². The number of nitrogens with one attached hydrogen (secondary N) is 1. The Morgan fingerprint density at radius 1 is 1.19 bits per heavy atom. The summed E-state index contributed by atoms with van der Waals surface area (Å²) in [7, 11) is 0. The molecular formula is C17H24N4. The SMILES string of the molecule is CCCNC1CCCCC1c1cnnn1-c1ccccc1. The van der Waals surface area contributed by atoms with Gasteiger partial charge in [-0.15, -0.1) is 5.10 Å². The Morgan fingerprint density at radius 2 is 2.00 bits per heavy atom. The summed E-state index contributed by atoms with van der Waals surface area (Å²) in [5.41, 5.74) is 2.35. The molecular weight excluding hydrogens is 260 g/mol. The molecule has 1 aromatic carbocycles. The van der Waals surface area contributed by atoms with Gasteiger partial charge in [0.1, 0.15) is 0 Å². The largest absolute Gasteiger partial charge is 0.313 e. The predicted molar refractivity (Wildman–Crippen MR) is 84.6 cm³/mol. The first-order valence-electron chi connectivity index (χ1n) is 8.09. The molecule has 1 fully saturated rings. The van der Waals surface area contributed by atoms with E-state index in [0.29, 0.717) is 12.0 Å². The van der Waals surface area contributed by atoms with Crippen LogP contribution in [-0.4, -0.2) is 27.6 Å². The summed E-state index contributed by atoms with van der Waals surface area (Å²) >= 11 is 0. The average molecular weight is 284 g/mol. The zero-order valence-electron chi connectivity index (χ0n) is 12.7. The molecule has 1 aliphatic rings. The van der Waals surface area contributed by atoms with E-state index in [-0.39, 0.29) is 0 Å². The van der Waals surface area contributed by atoms with E-state index in [2.05, 4.69) is 46.8 Å². The highest BCUT2D eigenvalue weighted by atomic mass is 15.4. The van der Waals surface area contributed by atoms with E-state index in [4.69, 9.17) is 0 Å². The van der Waals surface area contributed by atoms with Crippen molar-refractivity contribution in [1.29, 1.82) is 0 Å². The third-order valence-electron chi connectivity index (χ3n) is 4.38. The minimum Gasteiger partial charge on any atom is -0.313 e. The van der Waals surface area contributed by atoms with Crippen molar-refractivity contribution in [2.45, 2.75) is 51.0 Å². The van der Waals surface area contributed by atoms with Crippen LogP contribution in [0.3, 0.4) is 0 Å². The fraction of sp³-hybridized carbons (Fsp3) is 0.529. The highest BCUT2D eigenvalue weighted by Crippen LogP contribution is 2.33. The molecule has 0 amide bonds. The highest BCUT2D eigenvalue weighted by Gasteiger charge is 2.29. The Labute approximate surface area is 126 Å². The van der Waals surface area contributed by atoms with Crippen LogP contribution in [0.2, 0.25) is 0 Å². The van der Waals surface area contributed by atoms with Gasteiger partial charge in [-0.2, -0.15) is 0 Å². The van der Waals surface area contributed by atoms with E-state index in [1.807, 2.05) is 16.9 Å². The van der Waals surface area contributed by atoms with E-state index in [1.54, 1.807) is 0 Å². The molecule has 0 saturated heterocycles. The second-order valence-corrected chi connectivity index (χ2v) is 5.86. The van der Waals surface area contributed by atoms with Crippen molar-refractivity contribution in [2.24, 2.45) is 0 Å². The first-order valence-corrected chi connectivity index (χ1v) is 8.09. The molecule has 1 aromatic heterocycles. The van der Waals surface area contributed by atoms with Crippen LogP contribution in [0.4, 0.5) is 0 Å². The lowest BCUT2D eigenvalue weighted by atomic mass is 9.82. The van der Waals surface area contributed by atoms with Gasteiger partial charge in [-0.25, -0.2) is 4.68 Å². The van der Waals surface area contributed by atoms with E-state index < -0.39 is 0 Å². The van der Waals surface area contributed by atoms with Crippen molar-refractivity contribution in [3.8, 4) is 5.69 Å². The number of nitrogens with zero attached hydrogens (tertiary/aromatic N) is 3. The van der Waals surface area contributed by atoms with E-state index in [0.717, 1.165) is 12.2 Å². The summed E-state index contributed by atoms with van der Waals surface area (Å²) < 4.78 is 2.01. The zero-order chi connectivity index (χ0) is 14.5. The van der Waals surface area contributed by atoms with Crippen molar-refractivity contribution in [3.05, 3.63) is 42.2 Å². The number of benzene rings is 1. The molecule has 112 valence electrons. The van der Waals surface area contributed by atoms with Crippen LogP contribution in [0.5, 0.6) is 0 Å². The quantitative estimate of drug-likeness (QED) is 0.916. The molecule has 1 saturated carbocycles. The van der Waals surface area contributed by atoms with Crippen molar-refractivity contribution in [2.75, 3.05) is 6.54 Å². The maximum absolute atomic E-state index is 4.32. The van der Waals surface area contributed by atoms with Crippen molar-refractivity contribution in [1.82, 2.24) is 20.3 Å². The van der Waals surface area contributed by atoms with Crippen LogP contribution in [0, 0.1) is 0 Å². The van der Waals surface area contributed by atoms with Gasteiger partial charge in [0.25, 0.3) is 0 Å². The van der Waals surface area contributed by atoms with Crippen LogP contribution in [-0.2, 0) is 0 Å². The fourth-order valence-electron chi connectivity index (χ4n) is 3.32. The average Bonchev–Trinajstić information content (AvgIpc) is 3.03. The van der Waals surface area contributed by atoms with Gasteiger partial charge in [-0.05, 0) is 37.9 Å². The number of hydrogen-bond acceptors (Lipinski definition) is 3. The Balaban J connectivity index is 1.87. The number of para-hydroxylation sites is 1. The standard InChI is InChI=1S/C17H24N4/c1-2-12-18-16-11-7-6-10-15(16)17-13-19-20-21(17)14-8-4-3-5-9-14/h3-5,8-9,13,15-16,18H,2,6-7,10-12H2,1H3. The molecule has 3 rings (SSSR count). The smallest absolute Gasteiger partial charge is 0.0733 e. The fourth-order valence-corrected chi connectivity index (χ4v) is 3.32. The molecule has 4 nitrogen and oxygen atoms in total. The van der Waals surface area contributed by atoms with Crippen LogP contribution >= 0.6 is 0 Å². The van der Waals surface area contributed by atoms with Crippen molar-refractivity contribution >= 4 is 0 Å². The maximum atomic E-state index is 4.32. The lowest BCUT2D eigenvalue weighted by molar-refractivity contribution is 0.320. The first kappa shape index (κ1) is 14.3. The van der Waals surface area contributed by atoms with Crippen LogP contribution in [0.15, 0.2) is 36.5 Å². The van der Waals surface area contributed by atoms with Crippen LogP contribution < -0.4 is 5.32 Å². The van der Waals surface area contributed by atoms with Crippen LogP contribution in [0.1, 0.15) is 50.6 Å². The molecule has 4 heteroatoms. The minimum absolute atomic E-state index is 0.514. The molecule has 21 heavy (non-hydrogen) atoms. The highest BCUT2D eigenvalue weighted by molar-refractivity contribution is 5.32. The van der Waals surface area contributed by atoms with Gasteiger partial charge >= 0.3 is 0 Å². The van der Waals surface area contributed by atoms with Gasteiger partial charge in [0.05, 0.1) is 17.6 Å². The van der Waals surface area contributed by atoms with Crippen LogP contribution in [0.25, 0.3) is 5.69 Å². The first-order chi connectivity index (χ1) is 10.4. The van der Waals surface area contributed by atoms with E-state index in [1.165, 1.54) is 37.8 Å². The summed E-state index contributed by atoms with van der Waals surface area (Å²) in [4.78, 5) is 0. The molecule has 1 aliphatic carbocycles. The third-order valence-corrected chi connectivity index (χ3v) is 4.38. The Morgan fingerprint density at radius 3 is 2.81 bits per heavy atom. The Hall–Kier alpha value is -1.68. The second-order valence-electron chi connectivity index (χ2n) is 5.86. The Kier molecular flexibility index (Phi) is 4.65. The molecule has 0 bridgehead atoms. The van der Waals surface area contributed by atoms with Gasteiger partial charge in [0.2, 0.25) is 0 Å². The Bertz CT molecular complexity index is 549. The molecule has 1 N–H and O–H groups in total. The molecule has 2 aromatic rings. The van der Waals surface area contributed by atoms with Crippen molar-refractivity contribution < 1.29 is 0 Å². The lowest BCUT2D eigenvalue weighted by Gasteiger charge is -2.32. The second kappa shape index (κ2) is 6.85. The summed E-state index contributed by atoms with van der Waals surface area (Å²) in [6, 6.07) is 10.9. The summed E-state index contributed by atoms with van der Waals surface area (Å²) in [5, 5.41) is 12.2. The molecule has 2 unspecified atom stereocenters. The normalized spacial score (nSPS) is 22.3. The van der Waals surface area contributed by atoms with E-state index >= 15 is 0 Å². The van der Waals surface area contributed by atoms with E-state index in [9.17, 15) is 0 Å². The summed E-state index contributed by atoms with van der Waals surface area (Å²) in [5.74, 6) is 0.514. The molecule has 0 spiro atoms. The number of aromatic nitrogens is 3. The molecule has 0 aliphatic heterocycles. The summed E-state index contributed by atoms with van der Waals surface area (Å²) in [6.07, 6.45) is 8.23. The lowest BCUT2D eigenvalue weighted by Crippen LogP contribution is -2.38. The number of hydrogen-bond donors (Lipinski definition) is 1. The third kappa shape index (κ3) is 3.16. The summed E-state index contributed by atoms with van der Waals surface area (Å²) in [6.45, 7) is 3.31. The zero-order valence-corrected chi connectivity index (χ0v) is 12.7. The molecule has 1 heterocycles. The molecule has 0 radical (unpaired) electrons. The van der Waals surface area contributed by atoms with Crippen molar-refractivity contribution in [3.63, 3.8) is 0 Å². The minimum atomic E-state index is 0.514. The van der Waals surface area contributed by atoms with Gasteiger partial charge in [-0.3, -0.25) is 0 Å².